The fraction of sp³-hybridized carbons (Fsp3) is 0.394. The molecule has 1 unspecified atom stereocenters. The molecule has 4 heteroatoms. The van der Waals surface area contributed by atoms with Crippen LogP contribution in [0.15, 0.2) is 64.1 Å². The Balaban J connectivity index is 1.32. The van der Waals surface area contributed by atoms with Gasteiger partial charge in [-0.25, -0.2) is 9.83 Å². The molecule has 4 aliphatic rings. The first kappa shape index (κ1) is 22.6. The molecule has 0 fully saturated rings. The molecule has 3 heterocycles. The van der Waals surface area contributed by atoms with Crippen LogP contribution in [0.2, 0.25) is 0 Å². The van der Waals surface area contributed by atoms with Gasteiger partial charge in [0.25, 0.3) is 5.70 Å². The van der Waals surface area contributed by atoms with Crippen molar-refractivity contribution < 1.29 is 4.42 Å². The summed E-state index contributed by atoms with van der Waals surface area (Å²) in [5, 5.41) is 0. The zero-order chi connectivity index (χ0) is 25.1. The highest BCUT2D eigenvalue weighted by molar-refractivity contribution is 5.80. The maximum absolute atomic E-state index is 8.02. The molecule has 186 valence electrons. The van der Waals surface area contributed by atoms with Crippen LogP contribution in [0.1, 0.15) is 68.5 Å². The molecule has 4 nitrogen and oxygen atoms in total. The molecule has 0 radical (unpaired) electrons. The number of aromatic nitrogens is 1. The summed E-state index contributed by atoms with van der Waals surface area (Å²) >= 11 is 0. The number of para-hydroxylation sites is 2. The molecule has 0 spiro atoms. The van der Waals surface area contributed by atoms with E-state index in [0.717, 1.165) is 35.9 Å². The number of fused-ring (bicyclic) bond motifs is 2. The van der Waals surface area contributed by atoms with Crippen molar-refractivity contribution in [1.82, 2.24) is 4.98 Å². The highest BCUT2D eigenvalue weighted by Gasteiger charge is 2.39. The van der Waals surface area contributed by atoms with Crippen LogP contribution in [0.5, 0.6) is 0 Å². The van der Waals surface area contributed by atoms with E-state index in [1.54, 1.807) is 16.8 Å². The van der Waals surface area contributed by atoms with Gasteiger partial charge < -0.3 is 9.32 Å². The molecule has 2 aliphatic heterocycles. The molecule has 0 N–H and O–H groups in total. The largest absolute Gasteiger partial charge is 0.447 e. The van der Waals surface area contributed by atoms with Crippen molar-refractivity contribution in [2.45, 2.75) is 58.8 Å². The van der Waals surface area contributed by atoms with E-state index in [4.69, 9.17) is 11.0 Å². The molecule has 0 amide bonds. The quantitative estimate of drug-likeness (QED) is 0.343. The van der Waals surface area contributed by atoms with Crippen LogP contribution in [0.3, 0.4) is 0 Å². The van der Waals surface area contributed by atoms with Crippen molar-refractivity contribution in [3.63, 3.8) is 0 Å². The summed E-state index contributed by atoms with van der Waals surface area (Å²) in [6.45, 7) is 15.2. The Labute approximate surface area is 219 Å². The third-order valence-corrected chi connectivity index (χ3v) is 8.99. The zero-order valence-electron chi connectivity index (χ0n) is 21.8. The summed E-state index contributed by atoms with van der Waals surface area (Å²) in [6.07, 6.45) is 12.8. The van der Waals surface area contributed by atoms with E-state index >= 15 is 0 Å². The Hall–Kier alpha value is -3.58. The number of oxazole rings is 1. The molecule has 7 rings (SSSR count). The van der Waals surface area contributed by atoms with E-state index in [1.165, 1.54) is 55.5 Å². The lowest BCUT2D eigenvalue weighted by Gasteiger charge is -2.42. The maximum atomic E-state index is 8.02. The van der Waals surface area contributed by atoms with Crippen LogP contribution in [-0.4, -0.2) is 18.1 Å². The van der Waals surface area contributed by atoms with Gasteiger partial charge in [-0.1, -0.05) is 38.1 Å². The predicted molar refractivity (Wildman–Crippen MR) is 150 cm³/mol. The minimum Gasteiger partial charge on any atom is -0.447 e. The minimum absolute atomic E-state index is 0.0751. The van der Waals surface area contributed by atoms with Gasteiger partial charge in [-0.05, 0) is 114 Å². The van der Waals surface area contributed by atoms with Crippen LogP contribution in [-0.2, 0) is 12.8 Å². The van der Waals surface area contributed by atoms with Gasteiger partial charge >= 0.3 is 0 Å². The van der Waals surface area contributed by atoms with Crippen molar-refractivity contribution in [3.05, 3.63) is 93.7 Å². The lowest BCUT2D eigenvalue weighted by molar-refractivity contribution is 0.228. The summed E-state index contributed by atoms with van der Waals surface area (Å²) in [5.74, 6) is 0.942. The summed E-state index contributed by atoms with van der Waals surface area (Å²) in [4.78, 5) is 11.2. The van der Waals surface area contributed by atoms with Gasteiger partial charge in [0.2, 0.25) is 5.89 Å². The van der Waals surface area contributed by atoms with Crippen LogP contribution in [0.25, 0.3) is 27.2 Å². The van der Waals surface area contributed by atoms with Crippen LogP contribution in [0.4, 0.5) is 5.69 Å². The monoisotopic (exact) mass is 487 g/mol. The van der Waals surface area contributed by atoms with E-state index in [-0.39, 0.29) is 5.41 Å². The smallest absolute Gasteiger partial charge is 0.250 e. The first-order chi connectivity index (χ1) is 18.0. The van der Waals surface area contributed by atoms with E-state index in [1.807, 2.05) is 24.3 Å². The number of allylic oxidation sites excluding steroid dienone is 5. The molecular weight excluding hydrogens is 454 g/mol. The first-order valence-corrected chi connectivity index (χ1v) is 13.8. The van der Waals surface area contributed by atoms with Crippen molar-refractivity contribution in [2.24, 2.45) is 11.3 Å². The second kappa shape index (κ2) is 8.48. The van der Waals surface area contributed by atoms with E-state index in [0.29, 0.717) is 17.5 Å². The zero-order valence-corrected chi connectivity index (χ0v) is 21.8. The maximum Gasteiger partial charge on any atom is 0.250 e. The molecule has 0 bridgehead atoms. The Kier molecular flexibility index (Phi) is 5.18. The summed E-state index contributed by atoms with van der Waals surface area (Å²) < 4.78 is 6.03. The summed E-state index contributed by atoms with van der Waals surface area (Å²) in [7, 11) is 0. The normalized spacial score (nSPS) is 23.5. The fourth-order valence-electron chi connectivity index (χ4n) is 7.29. The Morgan fingerprint density at radius 2 is 1.81 bits per heavy atom. The second-order valence-electron chi connectivity index (χ2n) is 11.9. The molecule has 2 aromatic carbocycles. The van der Waals surface area contributed by atoms with E-state index < -0.39 is 0 Å². The molecule has 2 aliphatic carbocycles. The molecule has 0 saturated carbocycles. The number of aryl methyl sites for hydroxylation is 2. The van der Waals surface area contributed by atoms with Crippen LogP contribution < -0.4 is 4.90 Å². The molecule has 1 aromatic heterocycles. The van der Waals surface area contributed by atoms with Gasteiger partial charge in [-0.2, -0.15) is 0 Å². The standard InChI is InChI=1S/C33H33N3O/c1-33(2)20-26(30(34-3)32-35-28-10-4-5-11-29(28)37-32)19-25-16-21(12-13-27(25)33)24-17-22-8-6-14-36-15-7-9-23(18-24)31(22)36/h4-5,10-11,16-19,27H,6-9,12-15,20H2,1-2H3/b30-26+. The van der Waals surface area contributed by atoms with Crippen LogP contribution >= 0.6 is 0 Å². The van der Waals surface area contributed by atoms with Crippen molar-refractivity contribution >= 4 is 28.1 Å². The highest BCUT2D eigenvalue weighted by atomic mass is 16.3. The topological polar surface area (TPSA) is 33.6 Å². The molecule has 37 heavy (non-hydrogen) atoms. The number of benzene rings is 2. The van der Waals surface area contributed by atoms with Gasteiger partial charge in [0.05, 0.1) is 6.57 Å². The summed E-state index contributed by atoms with van der Waals surface area (Å²) in [5.41, 5.74) is 12.1. The Morgan fingerprint density at radius 1 is 1.05 bits per heavy atom. The number of rotatable bonds is 2. The fourth-order valence-corrected chi connectivity index (χ4v) is 7.29. The number of hydrogen-bond donors (Lipinski definition) is 0. The van der Waals surface area contributed by atoms with Crippen LogP contribution in [0, 0.1) is 17.9 Å². The lowest BCUT2D eigenvalue weighted by Crippen LogP contribution is -2.34. The van der Waals surface area contributed by atoms with Crippen molar-refractivity contribution in [1.29, 1.82) is 0 Å². The molecule has 3 aromatic rings. The van der Waals surface area contributed by atoms with E-state index in [9.17, 15) is 0 Å². The molecular formula is C33H33N3O. The van der Waals surface area contributed by atoms with Gasteiger partial charge in [0.1, 0.15) is 5.52 Å². The highest BCUT2D eigenvalue weighted by Crippen LogP contribution is 2.51. The predicted octanol–water partition coefficient (Wildman–Crippen LogP) is 8.01. The first-order valence-electron chi connectivity index (χ1n) is 13.8. The van der Waals surface area contributed by atoms with Crippen molar-refractivity contribution in [3.8, 4) is 0 Å². The lowest BCUT2D eigenvalue weighted by atomic mass is 9.62. The van der Waals surface area contributed by atoms with Gasteiger partial charge in [-0.3, -0.25) is 0 Å². The minimum atomic E-state index is 0.0751. The average Bonchev–Trinajstić information content (AvgIpc) is 3.32. The second-order valence-corrected chi connectivity index (χ2v) is 11.9. The third kappa shape index (κ3) is 3.75. The number of anilines is 1. The third-order valence-electron chi connectivity index (χ3n) is 8.99. The Bertz CT molecular complexity index is 1490. The molecule has 1 atom stereocenters. The van der Waals surface area contributed by atoms with Gasteiger partial charge in [-0.15, -0.1) is 0 Å². The molecule has 0 saturated heterocycles. The number of nitrogens with zero attached hydrogens (tertiary/aromatic N) is 3. The summed E-state index contributed by atoms with van der Waals surface area (Å²) in [6, 6.07) is 12.7. The number of hydrogen-bond acceptors (Lipinski definition) is 3. The Morgan fingerprint density at radius 3 is 2.54 bits per heavy atom. The SMILES string of the molecule is [C-]#[N+]/C(=C1\C=C2C=C(c3cc4c5c(c3)CCCN5CCC4)CCC2C(C)(C)C1)c1nc2ccccc2o1. The van der Waals surface area contributed by atoms with Gasteiger partial charge in [0, 0.05) is 18.8 Å². The van der Waals surface area contributed by atoms with E-state index in [2.05, 4.69) is 52.9 Å². The van der Waals surface area contributed by atoms with Crippen molar-refractivity contribution in [2.75, 3.05) is 18.0 Å². The average molecular weight is 488 g/mol. The van der Waals surface area contributed by atoms with Gasteiger partial charge in [0.15, 0.2) is 5.58 Å².